The summed E-state index contributed by atoms with van der Waals surface area (Å²) in [4.78, 5) is 28.6. The van der Waals surface area contributed by atoms with Gasteiger partial charge in [0.15, 0.2) is 11.5 Å². The lowest BCUT2D eigenvalue weighted by atomic mass is 10.1. The van der Waals surface area contributed by atoms with E-state index in [2.05, 4.69) is 5.32 Å². The fraction of sp³-hybridized carbons (Fsp3) is 0.167. The third kappa shape index (κ3) is 3.80. The van der Waals surface area contributed by atoms with Crippen molar-refractivity contribution in [1.29, 1.82) is 0 Å². The maximum absolute atomic E-state index is 13.3. The van der Waals surface area contributed by atoms with Crippen LogP contribution in [0.2, 0.25) is 0 Å². The van der Waals surface area contributed by atoms with E-state index in [9.17, 15) is 9.59 Å². The topological polar surface area (TPSA) is 67.9 Å². The van der Waals surface area contributed by atoms with E-state index in [1.165, 1.54) is 16.2 Å². The molecular formula is C24H20N2O4S. The first kappa shape index (κ1) is 19.4. The van der Waals surface area contributed by atoms with Gasteiger partial charge in [0, 0.05) is 23.2 Å². The molecule has 2 aliphatic heterocycles. The van der Waals surface area contributed by atoms with Crippen LogP contribution in [0.3, 0.4) is 0 Å². The van der Waals surface area contributed by atoms with Crippen molar-refractivity contribution in [3.8, 4) is 11.5 Å². The van der Waals surface area contributed by atoms with Gasteiger partial charge in [0.1, 0.15) is 18.9 Å². The average molecular weight is 433 g/mol. The maximum atomic E-state index is 13.3. The molecule has 0 radical (unpaired) electrons. The lowest BCUT2D eigenvalue weighted by Crippen LogP contribution is -2.34. The normalized spacial score (nSPS) is 15.5. The molecule has 0 spiro atoms. The van der Waals surface area contributed by atoms with Gasteiger partial charge in [0.25, 0.3) is 11.8 Å². The largest absolute Gasteiger partial charge is 0.486 e. The molecule has 156 valence electrons. The zero-order valence-corrected chi connectivity index (χ0v) is 17.5. The fourth-order valence-electron chi connectivity index (χ4n) is 3.70. The number of anilines is 1. The van der Waals surface area contributed by atoms with E-state index in [1.807, 2.05) is 53.9 Å². The molecule has 5 rings (SSSR count). The smallest absolute Gasteiger partial charge is 0.278 e. The van der Waals surface area contributed by atoms with E-state index in [-0.39, 0.29) is 17.5 Å². The van der Waals surface area contributed by atoms with Crippen molar-refractivity contribution in [1.82, 2.24) is 4.90 Å². The maximum Gasteiger partial charge on any atom is 0.278 e. The number of nitrogens with one attached hydrogen (secondary N) is 1. The van der Waals surface area contributed by atoms with Gasteiger partial charge in [-0.2, -0.15) is 0 Å². The lowest BCUT2D eigenvalue weighted by molar-refractivity contribution is -0.136. The van der Waals surface area contributed by atoms with E-state index in [1.54, 1.807) is 12.1 Å². The number of nitrogens with zero attached hydrogens (tertiary/aromatic N) is 1. The predicted octanol–water partition coefficient (Wildman–Crippen LogP) is 3.95. The fourth-order valence-corrected chi connectivity index (χ4v) is 4.46. The van der Waals surface area contributed by atoms with Crippen LogP contribution in [0.1, 0.15) is 10.4 Å². The Hall–Kier alpha value is -3.58. The summed E-state index contributed by atoms with van der Waals surface area (Å²) in [6, 6.07) is 19.0. The van der Waals surface area contributed by atoms with Gasteiger partial charge in [0.05, 0.1) is 5.57 Å². The second kappa shape index (κ2) is 8.28. The number of amides is 2. The number of thiophene rings is 1. The van der Waals surface area contributed by atoms with Crippen LogP contribution < -0.4 is 14.8 Å². The Bertz CT molecular complexity index is 1160. The lowest BCUT2D eigenvalue weighted by Gasteiger charge is -2.19. The molecule has 0 atom stereocenters. The van der Waals surface area contributed by atoms with Gasteiger partial charge >= 0.3 is 0 Å². The van der Waals surface area contributed by atoms with Crippen molar-refractivity contribution < 1.29 is 19.1 Å². The second-order valence-corrected chi connectivity index (χ2v) is 8.16. The summed E-state index contributed by atoms with van der Waals surface area (Å²) >= 11 is 1.44. The molecule has 3 heterocycles. The summed E-state index contributed by atoms with van der Waals surface area (Å²) in [5, 5.41) is 5.07. The minimum atomic E-state index is -0.320. The molecule has 0 saturated heterocycles. The highest BCUT2D eigenvalue weighted by atomic mass is 32.1. The third-order valence-electron chi connectivity index (χ3n) is 5.21. The van der Waals surface area contributed by atoms with Crippen molar-refractivity contribution >= 4 is 34.4 Å². The van der Waals surface area contributed by atoms with E-state index in [0.717, 1.165) is 10.4 Å². The molecule has 0 unspecified atom stereocenters. The average Bonchev–Trinajstić information content (AvgIpc) is 3.40. The number of carbonyl (C=O) groups excluding carboxylic acids is 2. The van der Waals surface area contributed by atoms with Crippen LogP contribution in [0.25, 0.3) is 5.57 Å². The number of rotatable bonds is 6. The Morgan fingerprint density at radius 3 is 2.48 bits per heavy atom. The summed E-state index contributed by atoms with van der Waals surface area (Å²) < 4.78 is 11.2. The highest BCUT2D eigenvalue weighted by Crippen LogP contribution is 2.36. The van der Waals surface area contributed by atoms with E-state index in [0.29, 0.717) is 48.9 Å². The standard InChI is InChI=1S/C24H20N2O4S/c27-23-21(20-7-4-14-31-20)22(24(28)26(23)11-10-16-5-2-1-3-6-16)25-17-8-9-18-19(15-17)30-13-12-29-18/h1-9,14-15,25H,10-13H2. The van der Waals surface area contributed by atoms with Crippen molar-refractivity contribution in [3.63, 3.8) is 0 Å². The van der Waals surface area contributed by atoms with E-state index < -0.39 is 0 Å². The van der Waals surface area contributed by atoms with Crippen molar-refractivity contribution in [3.05, 3.63) is 82.2 Å². The highest BCUT2D eigenvalue weighted by molar-refractivity contribution is 7.11. The van der Waals surface area contributed by atoms with Crippen molar-refractivity contribution in [2.45, 2.75) is 6.42 Å². The SMILES string of the molecule is O=C1C(Nc2ccc3c(c2)OCCO3)=C(c2cccs2)C(=O)N1CCc1ccccc1. The van der Waals surface area contributed by atoms with Crippen molar-refractivity contribution in [2.24, 2.45) is 0 Å². The van der Waals surface area contributed by atoms with Crippen LogP contribution in [-0.2, 0) is 16.0 Å². The number of carbonyl (C=O) groups is 2. The van der Waals surface area contributed by atoms with Crippen LogP contribution in [0.4, 0.5) is 5.69 Å². The minimum absolute atomic E-state index is 0.275. The van der Waals surface area contributed by atoms with Gasteiger partial charge in [-0.25, -0.2) is 0 Å². The number of hydrogen-bond acceptors (Lipinski definition) is 6. The van der Waals surface area contributed by atoms with Gasteiger partial charge in [0.2, 0.25) is 0 Å². The molecule has 2 aromatic carbocycles. The summed E-state index contributed by atoms with van der Waals surface area (Å²) in [5.41, 5.74) is 2.44. The summed E-state index contributed by atoms with van der Waals surface area (Å²) in [6.45, 7) is 1.31. The Balaban J connectivity index is 1.44. The zero-order chi connectivity index (χ0) is 21.2. The van der Waals surface area contributed by atoms with Gasteiger partial charge in [-0.3, -0.25) is 14.5 Å². The Morgan fingerprint density at radius 2 is 1.71 bits per heavy atom. The molecule has 1 aromatic heterocycles. The van der Waals surface area contributed by atoms with Gasteiger partial charge in [-0.1, -0.05) is 36.4 Å². The molecular weight excluding hydrogens is 412 g/mol. The third-order valence-corrected chi connectivity index (χ3v) is 6.10. The van der Waals surface area contributed by atoms with Crippen molar-refractivity contribution in [2.75, 3.05) is 25.1 Å². The molecule has 0 aliphatic carbocycles. The molecule has 0 fully saturated rings. The van der Waals surface area contributed by atoms with Crippen LogP contribution in [0.5, 0.6) is 11.5 Å². The monoisotopic (exact) mass is 432 g/mol. The number of imide groups is 1. The van der Waals surface area contributed by atoms with E-state index >= 15 is 0 Å². The molecule has 2 amide bonds. The predicted molar refractivity (Wildman–Crippen MR) is 119 cm³/mol. The first-order valence-corrected chi connectivity index (χ1v) is 10.9. The highest BCUT2D eigenvalue weighted by Gasteiger charge is 2.39. The van der Waals surface area contributed by atoms with Crippen LogP contribution in [0, 0.1) is 0 Å². The van der Waals surface area contributed by atoms with E-state index in [4.69, 9.17) is 9.47 Å². The molecule has 31 heavy (non-hydrogen) atoms. The van der Waals surface area contributed by atoms with Crippen LogP contribution in [0.15, 0.2) is 71.7 Å². The van der Waals surface area contributed by atoms with Gasteiger partial charge in [-0.05, 0) is 35.6 Å². The van der Waals surface area contributed by atoms with Gasteiger partial charge in [-0.15, -0.1) is 11.3 Å². The molecule has 2 aliphatic rings. The van der Waals surface area contributed by atoms with Crippen LogP contribution in [-0.4, -0.2) is 36.5 Å². The molecule has 0 bridgehead atoms. The summed E-state index contributed by atoms with van der Waals surface area (Å²) in [6.07, 6.45) is 0.605. The van der Waals surface area contributed by atoms with Gasteiger partial charge < -0.3 is 14.8 Å². The summed E-state index contributed by atoms with van der Waals surface area (Å²) in [7, 11) is 0. The molecule has 1 N–H and O–H groups in total. The number of hydrogen-bond donors (Lipinski definition) is 1. The number of ether oxygens (including phenoxy) is 2. The number of fused-ring (bicyclic) bond motifs is 1. The molecule has 0 saturated carbocycles. The first-order chi connectivity index (χ1) is 15.2. The first-order valence-electron chi connectivity index (χ1n) is 10.1. The summed E-state index contributed by atoms with van der Waals surface area (Å²) in [5.74, 6) is 0.692. The Labute approximate surface area is 183 Å². The molecule has 3 aromatic rings. The molecule has 6 nitrogen and oxygen atoms in total. The second-order valence-electron chi connectivity index (χ2n) is 7.21. The number of benzene rings is 2. The quantitative estimate of drug-likeness (QED) is 0.598. The Morgan fingerprint density at radius 1 is 0.903 bits per heavy atom. The minimum Gasteiger partial charge on any atom is -0.486 e. The molecule has 7 heteroatoms. The zero-order valence-electron chi connectivity index (χ0n) is 16.7. The Kier molecular flexibility index (Phi) is 5.18. The van der Waals surface area contributed by atoms with Crippen LogP contribution >= 0.6 is 11.3 Å².